The highest BCUT2D eigenvalue weighted by atomic mass is 16.4. The predicted molar refractivity (Wildman–Crippen MR) is 75.6 cm³/mol. The van der Waals surface area contributed by atoms with Gasteiger partial charge in [-0.25, -0.2) is 0 Å². The van der Waals surface area contributed by atoms with E-state index in [2.05, 4.69) is 5.10 Å². The Hall–Kier alpha value is -2.62. The number of hydrogen-bond donors (Lipinski definition) is 0. The molecular formula is C16H14N2O2. The lowest BCUT2D eigenvalue weighted by Crippen LogP contribution is -2.14. The number of carbonyl (C=O) groups is 1. The van der Waals surface area contributed by atoms with Crippen LogP contribution in [0.5, 0.6) is 0 Å². The second kappa shape index (κ2) is 4.81. The van der Waals surface area contributed by atoms with E-state index >= 15 is 0 Å². The Balaban J connectivity index is 1.95. The van der Waals surface area contributed by atoms with Crippen molar-refractivity contribution in [3.8, 4) is 11.3 Å². The van der Waals surface area contributed by atoms with Gasteiger partial charge in [-0.3, -0.25) is 4.79 Å². The third-order valence-corrected chi connectivity index (χ3v) is 3.08. The average molecular weight is 266 g/mol. The molecule has 20 heavy (non-hydrogen) atoms. The van der Waals surface area contributed by atoms with Crippen molar-refractivity contribution in [2.75, 3.05) is 0 Å². The minimum Gasteiger partial charge on any atom is -0.451 e. The molecule has 4 nitrogen and oxygen atoms in total. The molecule has 3 rings (SSSR count). The third kappa shape index (κ3) is 2.16. The lowest BCUT2D eigenvalue weighted by molar-refractivity contribution is 0.0915. The lowest BCUT2D eigenvalue weighted by Gasteiger charge is -2.00. The summed E-state index contributed by atoms with van der Waals surface area (Å²) in [6.45, 7) is 3.70. The van der Waals surface area contributed by atoms with Crippen LogP contribution in [0.3, 0.4) is 0 Å². The van der Waals surface area contributed by atoms with Gasteiger partial charge in [0.05, 0.1) is 5.69 Å². The molecule has 0 aliphatic heterocycles. The van der Waals surface area contributed by atoms with Gasteiger partial charge >= 0.3 is 5.91 Å². The van der Waals surface area contributed by atoms with Crippen LogP contribution in [0.2, 0.25) is 0 Å². The fourth-order valence-corrected chi connectivity index (χ4v) is 2.15. The molecule has 1 aromatic carbocycles. The van der Waals surface area contributed by atoms with Crippen LogP contribution in [-0.2, 0) is 0 Å². The van der Waals surface area contributed by atoms with E-state index in [1.807, 2.05) is 50.2 Å². The zero-order valence-corrected chi connectivity index (χ0v) is 11.3. The molecule has 0 saturated heterocycles. The molecule has 2 aromatic heterocycles. The number of aromatic nitrogens is 2. The number of carbonyl (C=O) groups excluding carboxylic acids is 1. The van der Waals surface area contributed by atoms with Crippen LogP contribution in [0.4, 0.5) is 0 Å². The van der Waals surface area contributed by atoms with Crippen LogP contribution < -0.4 is 0 Å². The molecule has 2 heterocycles. The summed E-state index contributed by atoms with van der Waals surface area (Å²) in [7, 11) is 0. The molecule has 0 N–H and O–H groups in total. The molecule has 100 valence electrons. The summed E-state index contributed by atoms with van der Waals surface area (Å²) in [6.07, 6.45) is 0. The van der Waals surface area contributed by atoms with E-state index in [4.69, 9.17) is 4.42 Å². The predicted octanol–water partition coefficient (Wildman–Crippen LogP) is 3.45. The van der Waals surface area contributed by atoms with E-state index in [1.54, 1.807) is 12.1 Å². The van der Waals surface area contributed by atoms with E-state index < -0.39 is 0 Å². The van der Waals surface area contributed by atoms with Crippen molar-refractivity contribution in [2.45, 2.75) is 13.8 Å². The highest BCUT2D eigenvalue weighted by Crippen LogP contribution is 2.22. The van der Waals surface area contributed by atoms with E-state index in [1.165, 1.54) is 4.68 Å². The maximum atomic E-state index is 12.3. The molecule has 0 unspecified atom stereocenters. The van der Waals surface area contributed by atoms with Crippen molar-refractivity contribution in [2.24, 2.45) is 0 Å². The molecule has 4 heteroatoms. The Bertz CT molecular complexity index is 754. The summed E-state index contributed by atoms with van der Waals surface area (Å²) >= 11 is 0. The Labute approximate surface area is 116 Å². The molecule has 0 spiro atoms. The van der Waals surface area contributed by atoms with Crippen LogP contribution in [0, 0.1) is 13.8 Å². The first kappa shape index (κ1) is 12.4. The van der Waals surface area contributed by atoms with E-state index in [0.29, 0.717) is 5.76 Å². The number of rotatable bonds is 2. The monoisotopic (exact) mass is 266 g/mol. The van der Waals surface area contributed by atoms with Gasteiger partial charge in [0.15, 0.2) is 5.76 Å². The summed E-state index contributed by atoms with van der Waals surface area (Å²) in [5.41, 5.74) is 2.55. The normalized spacial score (nSPS) is 10.7. The Morgan fingerprint density at radius 2 is 1.85 bits per heavy atom. The van der Waals surface area contributed by atoms with Gasteiger partial charge in [0.25, 0.3) is 0 Å². The van der Waals surface area contributed by atoms with Crippen LogP contribution in [0.1, 0.15) is 21.9 Å². The van der Waals surface area contributed by atoms with Crippen LogP contribution in [-0.4, -0.2) is 15.7 Å². The van der Waals surface area contributed by atoms with Gasteiger partial charge in [-0.2, -0.15) is 9.78 Å². The summed E-state index contributed by atoms with van der Waals surface area (Å²) in [5, 5.41) is 4.18. The van der Waals surface area contributed by atoms with Gasteiger partial charge in [-0.05, 0) is 32.0 Å². The molecule has 0 atom stereocenters. The van der Waals surface area contributed by atoms with Crippen molar-refractivity contribution in [1.29, 1.82) is 0 Å². The second-order valence-corrected chi connectivity index (χ2v) is 4.67. The molecule has 0 amide bonds. The summed E-state index contributed by atoms with van der Waals surface area (Å²) in [4.78, 5) is 12.3. The number of nitrogens with zero attached hydrogens (tertiary/aromatic N) is 2. The van der Waals surface area contributed by atoms with Crippen LogP contribution >= 0.6 is 0 Å². The number of benzene rings is 1. The summed E-state index contributed by atoms with van der Waals surface area (Å²) in [5.74, 6) is 0.711. The minimum absolute atomic E-state index is 0.252. The molecule has 0 fully saturated rings. The van der Waals surface area contributed by atoms with Crippen LogP contribution in [0.25, 0.3) is 11.3 Å². The summed E-state index contributed by atoms with van der Waals surface area (Å²) < 4.78 is 7.00. The first-order valence-electron chi connectivity index (χ1n) is 6.38. The van der Waals surface area contributed by atoms with E-state index in [9.17, 15) is 4.79 Å². The molecule has 0 radical (unpaired) electrons. The zero-order valence-electron chi connectivity index (χ0n) is 11.3. The number of aryl methyl sites for hydroxylation is 2. The van der Waals surface area contributed by atoms with Crippen molar-refractivity contribution in [1.82, 2.24) is 9.78 Å². The van der Waals surface area contributed by atoms with Crippen molar-refractivity contribution >= 4 is 5.91 Å². The quantitative estimate of drug-likeness (QED) is 0.713. The largest absolute Gasteiger partial charge is 0.451 e. The molecule has 3 aromatic rings. The maximum Gasteiger partial charge on any atom is 0.314 e. The highest BCUT2D eigenvalue weighted by Gasteiger charge is 2.17. The highest BCUT2D eigenvalue weighted by molar-refractivity contribution is 5.93. The number of hydrogen-bond acceptors (Lipinski definition) is 3. The third-order valence-electron chi connectivity index (χ3n) is 3.08. The Morgan fingerprint density at radius 1 is 1.10 bits per heavy atom. The minimum atomic E-state index is -0.252. The van der Waals surface area contributed by atoms with Crippen molar-refractivity contribution in [3.05, 3.63) is 65.7 Å². The smallest absolute Gasteiger partial charge is 0.314 e. The molecule has 0 bridgehead atoms. The van der Waals surface area contributed by atoms with Crippen molar-refractivity contribution in [3.63, 3.8) is 0 Å². The van der Waals surface area contributed by atoms with Gasteiger partial charge in [0, 0.05) is 11.3 Å². The number of furan rings is 1. The average Bonchev–Trinajstić information content (AvgIpc) is 3.06. The van der Waals surface area contributed by atoms with Crippen molar-refractivity contribution < 1.29 is 9.21 Å². The van der Waals surface area contributed by atoms with E-state index in [-0.39, 0.29) is 11.7 Å². The fourth-order valence-electron chi connectivity index (χ4n) is 2.15. The maximum absolute atomic E-state index is 12.3. The second-order valence-electron chi connectivity index (χ2n) is 4.67. The van der Waals surface area contributed by atoms with Crippen LogP contribution in [0.15, 0.2) is 52.9 Å². The van der Waals surface area contributed by atoms with Gasteiger partial charge in [0.2, 0.25) is 0 Å². The fraction of sp³-hybridized carbons (Fsp3) is 0.125. The summed E-state index contributed by atoms with van der Waals surface area (Å²) in [6, 6.07) is 15.0. The first-order chi connectivity index (χ1) is 9.65. The standard InChI is InChI=1S/C16H14N2O2/c1-11-10-12(2)18(17-11)16(19)15-9-8-14(20-15)13-6-4-3-5-7-13/h3-10H,1-2H3. The zero-order chi connectivity index (χ0) is 14.1. The molecule has 0 aliphatic rings. The molecule has 0 aliphatic carbocycles. The topological polar surface area (TPSA) is 48.0 Å². The van der Waals surface area contributed by atoms with Gasteiger partial charge in [-0.15, -0.1) is 0 Å². The van der Waals surface area contributed by atoms with Gasteiger partial charge in [0.1, 0.15) is 5.76 Å². The first-order valence-corrected chi connectivity index (χ1v) is 6.38. The van der Waals surface area contributed by atoms with Gasteiger partial charge < -0.3 is 4.42 Å². The van der Waals surface area contributed by atoms with Gasteiger partial charge in [-0.1, -0.05) is 30.3 Å². The van der Waals surface area contributed by atoms with E-state index in [0.717, 1.165) is 17.0 Å². The Kier molecular flexibility index (Phi) is 2.99. The molecule has 0 saturated carbocycles. The lowest BCUT2D eigenvalue weighted by atomic mass is 10.2. The Morgan fingerprint density at radius 3 is 2.50 bits per heavy atom. The molecular weight excluding hydrogens is 252 g/mol. The SMILES string of the molecule is Cc1cc(C)n(C(=O)c2ccc(-c3ccccc3)o2)n1.